The highest BCUT2D eigenvalue weighted by Gasteiger charge is 2.38. The molecule has 0 saturated heterocycles. The Morgan fingerprint density at radius 1 is 1.14 bits per heavy atom. The number of carbonyl (C=O) groups is 3. The number of alkyl halides is 3. The number of rotatable bonds is 7. The van der Waals surface area contributed by atoms with Crippen molar-refractivity contribution < 1.29 is 41.4 Å². The predicted molar refractivity (Wildman–Crippen MR) is 89.0 cm³/mol. The third kappa shape index (κ3) is 6.28. The van der Waals surface area contributed by atoms with Crippen LogP contribution in [0, 0.1) is 11.8 Å². The average molecular weight is 405 g/mol. The molecule has 0 aliphatic heterocycles. The second kappa shape index (κ2) is 9.61. The summed E-state index contributed by atoms with van der Waals surface area (Å²) < 4.78 is 51.2. The molecule has 2 atom stereocenters. The van der Waals surface area contributed by atoms with Crippen LogP contribution in [-0.2, 0) is 25.6 Å². The molecule has 1 fully saturated rings. The summed E-state index contributed by atoms with van der Waals surface area (Å²) in [4.78, 5) is 36.0. The predicted octanol–water partition coefficient (Wildman–Crippen LogP) is 2.98. The van der Waals surface area contributed by atoms with Crippen LogP contribution in [0.5, 0.6) is 0 Å². The molecular formula is C18H22F3NO6. The number of hydrogen-bond acceptors (Lipinski definition) is 6. The van der Waals surface area contributed by atoms with Crippen LogP contribution >= 0.6 is 0 Å². The molecule has 1 aromatic rings. The Bertz CT molecular complexity index is 700. The molecule has 0 spiro atoms. The zero-order valence-corrected chi connectivity index (χ0v) is 15.3. The van der Waals surface area contributed by atoms with Crippen LogP contribution in [-0.4, -0.2) is 37.2 Å². The minimum Gasteiger partial charge on any atom is -0.460 e. The Morgan fingerprint density at radius 3 is 2.46 bits per heavy atom. The van der Waals surface area contributed by atoms with Crippen molar-refractivity contribution in [1.29, 1.82) is 0 Å². The Balaban J connectivity index is 1.92. The van der Waals surface area contributed by atoms with Gasteiger partial charge in [0.1, 0.15) is 5.76 Å². The lowest BCUT2D eigenvalue weighted by Gasteiger charge is -2.29. The molecule has 0 aromatic carbocycles. The van der Waals surface area contributed by atoms with E-state index in [1.165, 1.54) is 12.1 Å². The van der Waals surface area contributed by atoms with Crippen molar-refractivity contribution in [3.63, 3.8) is 0 Å². The van der Waals surface area contributed by atoms with Crippen molar-refractivity contribution >= 4 is 17.8 Å². The monoisotopic (exact) mass is 405 g/mol. The van der Waals surface area contributed by atoms with E-state index < -0.39 is 42.5 Å². The van der Waals surface area contributed by atoms with E-state index in [4.69, 9.17) is 9.15 Å². The molecule has 156 valence electrons. The van der Waals surface area contributed by atoms with Gasteiger partial charge < -0.3 is 19.2 Å². The molecule has 2 rings (SSSR count). The molecule has 1 aliphatic rings. The molecule has 1 amide bonds. The Morgan fingerprint density at radius 2 is 1.82 bits per heavy atom. The van der Waals surface area contributed by atoms with Crippen LogP contribution < -0.4 is 5.32 Å². The van der Waals surface area contributed by atoms with E-state index in [-0.39, 0.29) is 18.9 Å². The smallest absolute Gasteiger partial charge is 0.422 e. The number of esters is 2. The molecular weight excluding hydrogens is 383 g/mol. The molecule has 0 radical (unpaired) electrons. The Kier molecular flexibility index (Phi) is 7.47. The summed E-state index contributed by atoms with van der Waals surface area (Å²) in [6, 6.07) is 2.92. The molecule has 1 aromatic heterocycles. The minimum absolute atomic E-state index is 0.00243. The number of hydrogen-bond donors (Lipinski definition) is 1. The molecule has 1 N–H and O–H groups in total. The lowest BCUT2D eigenvalue weighted by Crippen LogP contribution is -2.40. The van der Waals surface area contributed by atoms with Crippen molar-refractivity contribution in [1.82, 2.24) is 5.32 Å². The van der Waals surface area contributed by atoms with Crippen LogP contribution in [0.25, 0.3) is 0 Å². The van der Waals surface area contributed by atoms with E-state index in [9.17, 15) is 27.6 Å². The number of carbonyl (C=O) groups excluding carboxylic acids is 3. The zero-order valence-electron chi connectivity index (χ0n) is 15.3. The van der Waals surface area contributed by atoms with E-state index >= 15 is 0 Å². The summed E-state index contributed by atoms with van der Waals surface area (Å²) >= 11 is 0. The van der Waals surface area contributed by atoms with E-state index in [0.717, 1.165) is 0 Å². The lowest BCUT2D eigenvalue weighted by atomic mass is 9.78. The number of nitrogens with one attached hydrogen (secondary N) is 1. The van der Waals surface area contributed by atoms with Gasteiger partial charge in [0.2, 0.25) is 11.7 Å². The van der Waals surface area contributed by atoms with Gasteiger partial charge in [0.05, 0.1) is 25.0 Å². The maximum Gasteiger partial charge on any atom is 0.422 e. The van der Waals surface area contributed by atoms with Crippen molar-refractivity contribution in [2.24, 2.45) is 11.8 Å². The maximum absolute atomic E-state index is 12.5. The van der Waals surface area contributed by atoms with Gasteiger partial charge in [0, 0.05) is 0 Å². The van der Waals surface area contributed by atoms with Gasteiger partial charge in [-0.15, -0.1) is 0 Å². The van der Waals surface area contributed by atoms with Gasteiger partial charge in [0.25, 0.3) is 0 Å². The molecule has 1 saturated carbocycles. The molecule has 1 heterocycles. The third-order valence-corrected chi connectivity index (χ3v) is 4.36. The first-order valence-electron chi connectivity index (χ1n) is 8.98. The summed E-state index contributed by atoms with van der Waals surface area (Å²) in [5.41, 5.74) is 0. The van der Waals surface area contributed by atoms with Crippen LogP contribution in [0.3, 0.4) is 0 Å². The summed E-state index contributed by atoms with van der Waals surface area (Å²) in [6.07, 6.45) is -2.62. The summed E-state index contributed by atoms with van der Waals surface area (Å²) in [5, 5.41) is 2.60. The van der Waals surface area contributed by atoms with Gasteiger partial charge in [-0.05, 0) is 31.9 Å². The van der Waals surface area contributed by atoms with Gasteiger partial charge >= 0.3 is 18.1 Å². The fourth-order valence-electron chi connectivity index (χ4n) is 3.08. The highest BCUT2D eigenvalue weighted by atomic mass is 19.4. The first kappa shape index (κ1) is 21.8. The molecule has 7 nitrogen and oxygen atoms in total. The molecule has 0 bridgehead atoms. The fourth-order valence-corrected chi connectivity index (χ4v) is 3.08. The maximum atomic E-state index is 12.5. The topological polar surface area (TPSA) is 94.8 Å². The standard InChI is InChI=1S/C18H22F3NO6/c1-2-26-17(25)14-8-7-11(28-14)9-22-15(23)12-5-3-4-6-13(12)16(24)27-10-18(19,20)21/h7-8,12-13H,2-6,9-10H2,1H3,(H,22,23)/t12-,13-/m0/s1. The number of halogens is 3. The quantitative estimate of drug-likeness (QED) is 0.701. The van der Waals surface area contributed by atoms with E-state index in [2.05, 4.69) is 10.1 Å². The van der Waals surface area contributed by atoms with Crippen LogP contribution in [0.15, 0.2) is 16.5 Å². The Hall–Kier alpha value is -2.52. The van der Waals surface area contributed by atoms with Gasteiger partial charge in [-0.2, -0.15) is 13.2 Å². The molecule has 28 heavy (non-hydrogen) atoms. The first-order chi connectivity index (χ1) is 13.2. The van der Waals surface area contributed by atoms with Gasteiger partial charge in [-0.1, -0.05) is 12.8 Å². The summed E-state index contributed by atoms with van der Waals surface area (Å²) in [7, 11) is 0. The van der Waals surface area contributed by atoms with Gasteiger partial charge in [-0.25, -0.2) is 4.79 Å². The average Bonchev–Trinajstić information content (AvgIpc) is 3.13. The summed E-state index contributed by atoms with van der Waals surface area (Å²) in [5.74, 6) is -3.49. The molecule has 1 aliphatic carbocycles. The largest absolute Gasteiger partial charge is 0.460 e. The normalized spacial score (nSPS) is 19.7. The fraction of sp³-hybridized carbons (Fsp3) is 0.611. The van der Waals surface area contributed by atoms with Crippen molar-refractivity contribution in [3.05, 3.63) is 23.7 Å². The van der Waals surface area contributed by atoms with Crippen LogP contribution in [0.4, 0.5) is 13.2 Å². The van der Waals surface area contributed by atoms with Crippen molar-refractivity contribution in [3.8, 4) is 0 Å². The third-order valence-electron chi connectivity index (χ3n) is 4.36. The highest BCUT2D eigenvalue weighted by Crippen LogP contribution is 2.32. The number of furan rings is 1. The number of ether oxygens (including phenoxy) is 2. The Labute approximate surface area is 159 Å². The van der Waals surface area contributed by atoms with Crippen LogP contribution in [0.2, 0.25) is 0 Å². The van der Waals surface area contributed by atoms with Gasteiger partial charge in [0.15, 0.2) is 6.61 Å². The van der Waals surface area contributed by atoms with Gasteiger partial charge in [-0.3, -0.25) is 9.59 Å². The second-order valence-electron chi connectivity index (χ2n) is 6.42. The molecule has 0 unspecified atom stereocenters. The first-order valence-corrected chi connectivity index (χ1v) is 8.98. The van der Waals surface area contributed by atoms with Crippen molar-refractivity contribution in [2.75, 3.05) is 13.2 Å². The highest BCUT2D eigenvalue weighted by molar-refractivity contribution is 5.86. The van der Waals surface area contributed by atoms with E-state index in [1.54, 1.807) is 6.92 Å². The number of amides is 1. The summed E-state index contributed by atoms with van der Waals surface area (Å²) in [6.45, 7) is 0.153. The zero-order chi connectivity index (χ0) is 20.7. The van der Waals surface area contributed by atoms with E-state index in [1.807, 2.05) is 0 Å². The van der Waals surface area contributed by atoms with Crippen LogP contribution in [0.1, 0.15) is 48.9 Å². The second-order valence-corrected chi connectivity index (χ2v) is 6.42. The van der Waals surface area contributed by atoms with Crippen molar-refractivity contribution in [2.45, 2.75) is 45.3 Å². The SMILES string of the molecule is CCOC(=O)c1ccc(CNC(=O)[C@H]2CCCC[C@@H]2C(=O)OCC(F)(F)F)o1. The van der Waals surface area contributed by atoms with E-state index in [0.29, 0.717) is 31.4 Å². The molecule has 10 heteroatoms. The minimum atomic E-state index is -4.61. The lowest BCUT2D eigenvalue weighted by molar-refractivity contribution is -0.191.